The smallest absolute Gasteiger partial charge is 0.321 e. The summed E-state index contributed by atoms with van der Waals surface area (Å²) in [7, 11) is 0. The van der Waals surface area contributed by atoms with Crippen LogP contribution in [0.1, 0.15) is 6.42 Å². The molecule has 1 saturated heterocycles. The number of hydrogen-bond acceptors (Lipinski definition) is 2. The van der Waals surface area contributed by atoms with E-state index in [1.807, 2.05) is 54.6 Å². The summed E-state index contributed by atoms with van der Waals surface area (Å²) in [5, 5.41) is 12.5. The summed E-state index contributed by atoms with van der Waals surface area (Å²) in [4.78, 5) is 13.9. The second kappa shape index (κ2) is 5.97. The highest BCUT2D eigenvalue weighted by Crippen LogP contribution is 2.28. The number of amides is 2. The van der Waals surface area contributed by atoms with Crippen LogP contribution in [0.2, 0.25) is 0 Å². The van der Waals surface area contributed by atoms with Gasteiger partial charge in [0.25, 0.3) is 0 Å². The van der Waals surface area contributed by atoms with Gasteiger partial charge in [0, 0.05) is 18.7 Å². The number of aliphatic hydroxyl groups is 1. The Bertz CT molecular complexity index is 628. The van der Waals surface area contributed by atoms with Crippen LogP contribution in [0.4, 0.5) is 10.5 Å². The van der Waals surface area contributed by atoms with Crippen LogP contribution in [0.5, 0.6) is 0 Å². The third-order valence-corrected chi connectivity index (χ3v) is 3.70. The molecule has 0 bridgehead atoms. The molecule has 1 heterocycles. The van der Waals surface area contributed by atoms with Crippen molar-refractivity contribution in [3.05, 3.63) is 54.6 Å². The molecular weight excluding hydrogens is 264 g/mol. The third-order valence-electron chi connectivity index (χ3n) is 3.70. The molecule has 1 aliphatic heterocycles. The van der Waals surface area contributed by atoms with Crippen LogP contribution >= 0.6 is 0 Å². The van der Waals surface area contributed by atoms with Crippen LogP contribution in [0, 0.1) is 0 Å². The van der Waals surface area contributed by atoms with Crippen molar-refractivity contribution in [2.75, 3.05) is 18.4 Å². The Morgan fingerprint density at radius 1 is 1.10 bits per heavy atom. The molecule has 0 saturated carbocycles. The van der Waals surface area contributed by atoms with Crippen molar-refractivity contribution >= 4 is 11.7 Å². The van der Waals surface area contributed by atoms with Crippen molar-refractivity contribution in [3.63, 3.8) is 0 Å². The lowest BCUT2D eigenvalue weighted by Crippen LogP contribution is -2.33. The van der Waals surface area contributed by atoms with Crippen LogP contribution in [-0.2, 0) is 0 Å². The van der Waals surface area contributed by atoms with Gasteiger partial charge in [-0.1, -0.05) is 48.5 Å². The largest absolute Gasteiger partial charge is 0.391 e. The highest BCUT2D eigenvalue weighted by Gasteiger charge is 2.24. The molecule has 0 radical (unpaired) electrons. The number of urea groups is 1. The first-order valence-corrected chi connectivity index (χ1v) is 7.12. The topological polar surface area (TPSA) is 52.6 Å². The van der Waals surface area contributed by atoms with E-state index in [0.717, 1.165) is 16.8 Å². The van der Waals surface area contributed by atoms with Crippen LogP contribution < -0.4 is 5.32 Å². The van der Waals surface area contributed by atoms with Crippen LogP contribution in [0.15, 0.2) is 54.6 Å². The number of nitrogens with one attached hydrogen (secondary N) is 1. The zero-order valence-corrected chi connectivity index (χ0v) is 11.7. The molecule has 4 nitrogen and oxygen atoms in total. The van der Waals surface area contributed by atoms with Crippen molar-refractivity contribution in [3.8, 4) is 11.1 Å². The fourth-order valence-electron chi connectivity index (χ4n) is 2.58. The van der Waals surface area contributed by atoms with Gasteiger partial charge in [-0.3, -0.25) is 0 Å². The SMILES string of the molecule is O=C(Nc1ccccc1-c1ccccc1)N1CC[C@H](O)C1. The van der Waals surface area contributed by atoms with E-state index in [4.69, 9.17) is 0 Å². The van der Waals surface area contributed by atoms with E-state index in [2.05, 4.69) is 5.32 Å². The van der Waals surface area contributed by atoms with Crippen LogP contribution in [0.25, 0.3) is 11.1 Å². The van der Waals surface area contributed by atoms with Gasteiger partial charge in [-0.15, -0.1) is 0 Å². The summed E-state index contributed by atoms with van der Waals surface area (Å²) in [6.45, 7) is 1.000. The zero-order valence-electron chi connectivity index (χ0n) is 11.7. The van der Waals surface area contributed by atoms with E-state index in [1.165, 1.54) is 0 Å². The number of β-amino-alcohol motifs (C(OH)–C–C–N with tert-alkyl or cyclic N) is 1. The number of nitrogens with zero attached hydrogens (tertiary/aromatic N) is 1. The molecule has 2 N–H and O–H groups in total. The number of hydrogen-bond donors (Lipinski definition) is 2. The minimum absolute atomic E-state index is 0.157. The Hall–Kier alpha value is -2.33. The quantitative estimate of drug-likeness (QED) is 0.889. The molecule has 0 aromatic heterocycles. The molecule has 1 atom stereocenters. The molecule has 2 aromatic rings. The molecule has 21 heavy (non-hydrogen) atoms. The normalized spacial score (nSPS) is 17.8. The summed E-state index contributed by atoms with van der Waals surface area (Å²) in [6, 6.07) is 17.5. The van der Waals surface area contributed by atoms with E-state index >= 15 is 0 Å². The van der Waals surface area contributed by atoms with Gasteiger partial charge >= 0.3 is 6.03 Å². The summed E-state index contributed by atoms with van der Waals surface area (Å²) in [6.07, 6.45) is 0.244. The van der Waals surface area contributed by atoms with E-state index in [0.29, 0.717) is 19.5 Å². The molecular formula is C17H18N2O2. The predicted octanol–water partition coefficient (Wildman–Crippen LogP) is 2.95. The number of anilines is 1. The van der Waals surface area contributed by atoms with E-state index in [-0.39, 0.29) is 6.03 Å². The van der Waals surface area contributed by atoms with Gasteiger partial charge in [0.15, 0.2) is 0 Å². The van der Waals surface area contributed by atoms with Gasteiger partial charge in [-0.2, -0.15) is 0 Å². The number of para-hydroxylation sites is 1. The molecule has 0 aliphatic carbocycles. The first-order chi connectivity index (χ1) is 10.2. The maximum absolute atomic E-state index is 12.2. The fraction of sp³-hybridized carbons (Fsp3) is 0.235. The van der Waals surface area contributed by atoms with Crippen molar-refractivity contribution in [2.24, 2.45) is 0 Å². The fourth-order valence-corrected chi connectivity index (χ4v) is 2.58. The molecule has 2 aromatic carbocycles. The van der Waals surface area contributed by atoms with Crippen molar-refractivity contribution in [1.29, 1.82) is 0 Å². The third kappa shape index (κ3) is 3.06. The Morgan fingerprint density at radius 3 is 2.52 bits per heavy atom. The molecule has 108 valence electrons. The molecule has 2 amide bonds. The number of rotatable bonds is 2. The Labute approximate surface area is 124 Å². The van der Waals surface area contributed by atoms with Gasteiger partial charge in [0.1, 0.15) is 0 Å². The van der Waals surface area contributed by atoms with Gasteiger partial charge in [0.2, 0.25) is 0 Å². The summed E-state index contributed by atoms with van der Waals surface area (Å²) in [5.74, 6) is 0. The van der Waals surface area contributed by atoms with Gasteiger partial charge in [0.05, 0.1) is 11.8 Å². The number of likely N-dealkylation sites (tertiary alicyclic amines) is 1. The molecule has 3 rings (SSSR count). The van der Waals surface area contributed by atoms with E-state index < -0.39 is 6.10 Å². The summed E-state index contributed by atoms with van der Waals surface area (Å²) >= 11 is 0. The van der Waals surface area contributed by atoms with Gasteiger partial charge < -0.3 is 15.3 Å². The maximum Gasteiger partial charge on any atom is 0.321 e. The zero-order chi connectivity index (χ0) is 14.7. The number of carbonyl (C=O) groups is 1. The summed E-state index contributed by atoms with van der Waals surface area (Å²) < 4.78 is 0. The van der Waals surface area contributed by atoms with E-state index in [9.17, 15) is 9.90 Å². The second-order valence-electron chi connectivity index (χ2n) is 5.23. The molecule has 4 heteroatoms. The molecule has 0 spiro atoms. The molecule has 1 aliphatic rings. The molecule has 0 unspecified atom stereocenters. The van der Waals surface area contributed by atoms with Gasteiger partial charge in [-0.05, 0) is 18.1 Å². The summed E-state index contributed by atoms with van der Waals surface area (Å²) in [5.41, 5.74) is 2.84. The number of benzene rings is 2. The lowest BCUT2D eigenvalue weighted by atomic mass is 10.0. The van der Waals surface area contributed by atoms with Gasteiger partial charge in [-0.25, -0.2) is 4.79 Å². The first-order valence-electron chi connectivity index (χ1n) is 7.12. The van der Waals surface area contributed by atoms with Crippen molar-refractivity contribution < 1.29 is 9.90 Å². The maximum atomic E-state index is 12.2. The Balaban J connectivity index is 1.81. The predicted molar refractivity (Wildman–Crippen MR) is 83.1 cm³/mol. The van der Waals surface area contributed by atoms with Crippen molar-refractivity contribution in [2.45, 2.75) is 12.5 Å². The number of aliphatic hydroxyl groups excluding tert-OH is 1. The van der Waals surface area contributed by atoms with Crippen LogP contribution in [0.3, 0.4) is 0 Å². The lowest BCUT2D eigenvalue weighted by molar-refractivity contribution is 0.176. The lowest BCUT2D eigenvalue weighted by Gasteiger charge is -2.18. The highest BCUT2D eigenvalue weighted by atomic mass is 16.3. The minimum Gasteiger partial charge on any atom is -0.391 e. The minimum atomic E-state index is -0.403. The monoisotopic (exact) mass is 282 g/mol. The molecule has 1 fully saturated rings. The van der Waals surface area contributed by atoms with E-state index in [1.54, 1.807) is 4.90 Å². The average molecular weight is 282 g/mol. The average Bonchev–Trinajstić information content (AvgIpc) is 2.95. The second-order valence-corrected chi connectivity index (χ2v) is 5.23. The number of carbonyl (C=O) groups excluding carboxylic acids is 1. The highest BCUT2D eigenvalue weighted by molar-refractivity contribution is 5.94. The Kier molecular flexibility index (Phi) is 3.88. The van der Waals surface area contributed by atoms with Crippen LogP contribution in [-0.4, -0.2) is 35.2 Å². The Morgan fingerprint density at radius 2 is 1.81 bits per heavy atom. The van der Waals surface area contributed by atoms with Crippen molar-refractivity contribution in [1.82, 2.24) is 4.90 Å². The first kappa shape index (κ1) is 13.6. The standard InChI is InChI=1S/C17H18N2O2/c20-14-10-11-19(12-14)17(21)18-16-9-5-4-8-15(16)13-6-2-1-3-7-13/h1-9,14,20H,10-12H2,(H,18,21)/t14-/m0/s1.